The Morgan fingerprint density at radius 2 is 1.94 bits per heavy atom. The molecule has 1 N–H and O–H groups in total. The van der Waals surface area contributed by atoms with Crippen molar-refractivity contribution in [2.75, 3.05) is 0 Å². The van der Waals surface area contributed by atoms with Crippen molar-refractivity contribution < 1.29 is 4.42 Å². The molecule has 3 heteroatoms. The van der Waals surface area contributed by atoms with Crippen LogP contribution in [0, 0.1) is 6.92 Å². The smallest absolute Gasteiger partial charge is 0.134 e. The molecule has 0 aliphatic heterocycles. The Morgan fingerprint density at radius 3 is 2.65 bits per heavy atom. The Bertz CT molecular complexity index is 609. The molecule has 17 heavy (non-hydrogen) atoms. The lowest BCUT2D eigenvalue weighted by atomic mass is 10.1. The van der Waals surface area contributed by atoms with Gasteiger partial charge in [-0.3, -0.25) is 5.10 Å². The quantitative estimate of drug-likeness (QED) is 0.722. The second-order valence-electron chi connectivity index (χ2n) is 3.92. The lowest BCUT2D eigenvalue weighted by Crippen LogP contribution is -1.76. The minimum absolute atomic E-state index is 0.882. The number of aromatic nitrogens is 2. The maximum Gasteiger partial charge on any atom is 0.134 e. The third-order valence-electron chi connectivity index (χ3n) is 2.77. The van der Waals surface area contributed by atoms with Crippen LogP contribution in [0.1, 0.15) is 5.76 Å². The zero-order valence-electron chi connectivity index (χ0n) is 9.47. The standard InChI is InChI=1S/C14H12N2O/c1-10-12(13-7-8-15-16-13)9-14(17-10)11-5-3-2-4-6-11/h2-9H,1H3,(H,15,16). The van der Waals surface area contributed by atoms with E-state index < -0.39 is 0 Å². The highest BCUT2D eigenvalue weighted by Gasteiger charge is 2.11. The summed E-state index contributed by atoms with van der Waals surface area (Å²) in [6, 6.07) is 14.1. The molecule has 1 aromatic carbocycles. The van der Waals surface area contributed by atoms with Crippen molar-refractivity contribution in [2.45, 2.75) is 6.92 Å². The van der Waals surface area contributed by atoms with Gasteiger partial charge in [0.25, 0.3) is 0 Å². The summed E-state index contributed by atoms with van der Waals surface area (Å²) in [5.74, 6) is 1.78. The molecular formula is C14H12N2O. The van der Waals surface area contributed by atoms with Gasteiger partial charge in [-0.25, -0.2) is 0 Å². The Labute approximate surface area is 99.1 Å². The summed E-state index contributed by atoms with van der Waals surface area (Å²) in [5, 5.41) is 6.90. The van der Waals surface area contributed by atoms with E-state index in [9.17, 15) is 0 Å². The van der Waals surface area contributed by atoms with Gasteiger partial charge in [0, 0.05) is 17.3 Å². The number of rotatable bonds is 2. The SMILES string of the molecule is Cc1oc(-c2ccccc2)cc1-c1ccn[nH]1. The van der Waals surface area contributed by atoms with Crippen molar-refractivity contribution in [3.63, 3.8) is 0 Å². The number of hydrogen-bond acceptors (Lipinski definition) is 2. The Morgan fingerprint density at radius 1 is 1.12 bits per heavy atom. The van der Waals surface area contributed by atoms with Gasteiger partial charge in [-0.2, -0.15) is 5.10 Å². The first-order chi connectivity index (χ1) is 8.34. The van der Waals surface area contributed by atoms with Crippen LogP contribution in [0.15, 0.2) is 53.1 Å². The maximum atomic E-state index is 5.78. The summed E-state index contributed by atoms with van der Waals surface area (Å²) in [5.41, 5.74) is 3.12. The van der Waals surface area contributed by atoms with E-state index in [2.05, 4.69) is 10.2 Å². The molecule has 0 unspecified atom stereocenters. The largest absolute Gasteiger partial charge is 0.461 e. The number of nitrogens with one attached hydrogen (secondary N) is 1. The minimum Gasteiger partial charge on any atom is -0.461 e. The van der Waals surface area contributed by atoms with E-state index in [-0.39, 0.29) is 0 Å². The number of aromatic amines is 1. The first kappa shape index (κ1) is 9.90. The third-order valence-corrected chi connectivity index (χ3v) is 2.77. The lowest BCUT2D eigenvalue weighted by Gasteiger charge is -1.93. The average Bonchev–Trinajstić information content (AvgIpc) is 2.99. The second kappa shape index (κ2) is 3.94. The molecule has 0 saturated heterocycles. The van der Waals surface area contributed by atoms with Crippen molar-refractivity contribution in [3.8, 4) is 22.6 Å². The van der Waals surface area contributed by atoms with E-state index in [1.165, 1.54) is 0 Å². The molecule has 2 aromatic heterocycles. The second-order valence-corrected chi connectivity index (χ2v) is 3.92. The molecule has 0 amide bonds. The molecule has 0 aliphatic rings. The van der Waals surface area contributed by atoms with Gasteiger partial charge in [-0.1, -0.05) is 30.3 Å². The zero-order valence-corrected chi connectivity index (χ0v) is 9.47. The summed E-state index contributed by atoms with van der Waals surface area (Å²) in [7, 11) is 0. The molecular weight excluding hydrogens is 212 g/mol. The fourth-order valence-electron chi connectivity index (χ4n) is 1.90. The van der Waals surface area contributed by atoms with Crippen molar-refractivity contribution in [1.29, 1.82) is 0 Å². The van der Waals surface area contributed by atoms with Crippen molar-refractivity contribution in [1.82, 2.24) is 10.2 Å². The molecule has 84 valence electrons. The number of nitrogens with zero attached hydrogens (tertiary/aromatic N) is 1. The topological polar surface area (TPSA) is 41.8 Å². The molecule has 0 fully saturated rings. The minimum atomic E-state index is 0.882. The van der Waals surface area contributed by atoms with E-state index in [1.807, 2.05) is 49.4 Å². The molecule has 3 nitrogen and oxygen atoms in total. The molecule has 0 radical (unpaired) electrons. The number of H-pyrrole nitrogens is 1. The predicted octanol–water partition coefficient (Wildman–Crippen LogP) is 3.65. The summed E-state index contributed by atoms with van der Waals surface area (Å²) < 4.78 is 5.78. The van der Waals surface area contributed by atoms with Crippen molar-refractivity contribution in [3.05, 3.63) is 54.4 Å². The van der Waals surface area contributed by atoms with Crippen LogP contribution in [0.2, 0.25) is 0 Å². The van der Waals surface area contributed by atoms with Crippen LogP contribution in [0.4, 0.5) is 0 Å². The van der Waals surface area contributed by atoms with Gasteiger partial charge in [-0.05, 0) is 19.1 Å². The number of benzene rings is 1. The van der Waals surface area contributed by atoms with E-state index in [0.29, 0.717) is 0 Å². The molecule has 0 saturated carbocycles. The maximum absolute atomic E-state index is 5.78. The highest BCUT2D eigenvalue weighted by Crippen LogP contribution is 2.30. The van der Waals surface area contributed by atoms with E-state index in [0.717, 1.165) is 28.3 Å². The van der Waals surface area contributed by atoms with Crippen molar-refractivity contribution in [2.24, 2.45) is 0 Å². The predicted molar refractivity (Wildman–Crippen MR) is 66.5 cm³/mol. The lowest BCUT2D eigenvalue weighted by molar-refractivity contribution is 0.549. The Hall–Kier alpha value is -2.29. The van der Waals surface area contributed by atoms with Gasteiger partial charge in [0.05, 0.1) is 5.69 Å². The van der Waals surface area contributed by atoms with Gasteiger partial charge in [0.2, 0.25) is 0 Å². The molecule has 0 spiro atoms. The molecule has 0 aliphatic carbocycles. The summed E-state index contributed by atoms with van der Waals surface area (Å²) in [4.78, 5) is 0. The third kappa shape index (κ3) is 1.76. The van der Waals surface area contributed by atoms with Crippen LogP contribution in [0.25, 0.3) is 22.6 Å². The molecule has 3 aromatic rings. The van der Waals surface area contributed by atoms with Crippen LogP contribution in [-0.4, -0.2) is 10.2 Å². The molecule has 3 rings (SSSR count). The summed E-state index contributed by atoms with van der Waals surface area (Å²) >= 11 is 0. The average molecular weight is 224 g/mol. The summed E-state index contributed by atoms with van der Waals surface area (Å²) in [6.45, 7) is 1.96. The monoisotopic (exact) mass is 224 g/mol. The van der Waals surface area contributed by atoms with Gasteiger partial charge in [-0.15, -0.1) is 0 Å². The Kier molecular flexibility index (Phi) is 2.29. The van der Waals surface area contributed by atoms with Crippen molar-refractivity contribution >= 4 is 0 Å². The van der Waals surface area contributed by atoms with E-state index in [4.69, 9.17) is 4.42 Å². The van der Waals surface area contributed by atoms with Crippen LogP contribution in [0.3, 0.4) is 0 Å². The van der Waals surface area contributed by atoms with Crippen LogP contribution >= 0.6 is 0 Å². The fraction of sp³-hybridized carbons (Fsp3) is 0.0714. The van der Waals surface area contributed by atoms with Gasteiger partial charge >= 0.3 is 0 Å². The normalized spacial score (nSPS) is 10.6. The fourth-order valence-corrected chi connectivity index (χ4v) is 1.90. The number of furan rings is 1. The van der Waals surface area contributed by atoms with Gasteiger partial charge in [0.1, 0.15) is 11.5 Å². The van der Waals surface area contributed by atoms with E-state index >= 15 is 0 Å². The molecule has 2 heterocycles. The first-order valence-electron chi connectivity index (χ1n) is 5.50. The Balaban J connectivity index is 2.08. The number of aryl methyl sites for hydroxylation is 1. The van der Waals surface area contributed by atoms with Crippen LogP contribution in [0.5, 0.6) is 0 Å². The number of hydrogen-bond donors (Lipinski definition) is 1. The van der Waals surface area contributed by atoms with E-state index in [1.54, 1.807) is 6.20 Å². The zero-order chi connectivity index (χ0) is 11.7. The van der Waals surface area contributed by atoms with Crippen LogP contribution < -0.4 is 0 Å². The van der Waals surface area contributed by atoms with Gasteiger partial charge in [0.15, 0.2) is 0 Å². The van der Waals surface area contributed by atoms with Crippen LogP contribution in [-0.2, 0) is 0 Å². The summed E-state index contributed by atoms with van der Waals surface area (Å²) in [6.07, 6.45) is 1.74. The molecule has 0 bridgehead atoms. The highest BCUT2D eigenvalue weighted by molar-refractivity contribution is 5.69. The van der Waals surface area contributed by atoms with Gasteiger partial charge < -0.3 is 4.42 Å². The first-order valence-corrected chi connectivity index (χ1v) is 5.50. The highest BCUT2D eigenvalue weighted by atomic mass is 16.3. The molecule has 0 atom stereocenters.